The molecule has 2 nitrogen and oxygen atoms in total. The number of rotatable bonds is 1. The Kier molecular flexibility index (Phi) is 3.53. The Bertz CT molecular complexity index is 350. The number of thiol groups is 1. The van der Waals surface area contributed by atoms with Crippen molar-refractivity contribution in [3.63, 3.8) is 0 Å². The number of para-hydroxylation sites is 1. The summed E-state index contributed by atoms with van der Waals surface area (Å²) in [6, 6.07) is 5.47. The molecule has 0 unspecified atom stereocenters. The maximum absolute atomic E-state index is 5.72. The zero-order valence-electron chi connectivity index (χ0n) is 7.25. The summed E-state index contributed by atoms with van der Waals surface area (Å²) in [7, 11) is 0. The second-order valence-corrected chi connectivity index (χ2v) is 3.03. The van der Waals surface area contributed by atoms with Gasteiger partial charge >= 0.3 is 0 Å². The third-order valence-corrected chi connectivity index (χ3v) is 1.82. The molecule has 0 aromatic heterocycles. The van der Waals surface area contributed by atoms with Crippen molar-refractivity contribution in [1.82, 2.24) is 0 Å². The van der Waals surface area contributed by atoms with Gasteiger partial charge in [0.25, 0.3) is 0 Å². The summed E-state index contributed by atoms with van der Waals surface area (Å²) in [4.78, 5) is 0. The molecule has 1 aromatic rings. The largest absolute Gasteiger partial charge is 0.397 e. The van der Waals surface area contributed by atoms with Crippen LogP contribution in [0.2, 0.25) is 0 Å². The van der Waals surface area contributed by atoms with E-state index in [1.165, 1.54) is 0 Å². The van der Waals surface area contributed by atoms with Crippen molar-refractivity contribution in [2.45, 2.75) is 6.42 Å². The van der Waals surface area contributed by atoms with Crippen LogP contribution in [0.15, 0.2) is 18.2 Å². The van der Waals surface area contributed by atoms with E-state index in [9.17, 15) is 0 Å². The van der Waals surface area contributed by atoms with Gasteiger partial charge in [0.2, 0.25) is 0 Å². The van der Waals surface area contributed by atoms with Crippen LogP contribution in [-0.2, 0) is 0 Å². The minimum Gasteiger partial charge on any atom is -0.397 e. The monoisotopic (exact) mass is 192 g/mol. The minimum absolute atomic E-state index is 0.564. The van der Waals surface area contributed by atoms with Gasteiger partial charge < -0.3 is 11.5 Å². The van der Waals surface area contributed by atoms with Crippen molar-refractivity contribution in [3.8, 4) is 11.8 Å². The van der Waals surface area contributed by atoms with Crippen LogP contribution in [0.25, 0.3) is 0 Å². The second-order valence-electron chi connectivity index (χ2n) is 2.58. The average molecular weight is 192 g/mol. The van der Waals surface area contributed by atoms with Gasteiger partial charge in [0, 0.05) is 17.7 Å². The highest BCUT2D eigenvalue weighted by Gasteiger charge is 1.97. The molecule has 0 saturated carbocycles. The van der Waals surface area contributed by atoms with Gasteiger partial charge in [-0.15, -0.1) is 0 Å². The van der Waals surface area contributed by atoms with E-state index in [1.54, 1.807) is 6.07 Å². The first kappa shape index (κ1) is 9.82. The predicted molar refractivity (Wildman–Crippen MR) is 60.6 cm³/mol. The molecule has 68 valence electrons. The van der Waals surface area contributed by atoms with Crippen LogP contribution < -0.4 is 11.5 Å². The molecule has 0 aliphatic carbocycles. The summed E-state index contributed by atoms with van der Waals surface area (Å²) in [6.45, 7) is 0. The number of hydrogen-bond donors (Lipinski definition) is 3. The molecule has 0 heterocycles. The lowest BCUT2D eigenvalue weighted by molar-refractivity contribution is 1.31. The van der Waals surface area contributed by atoms with Gasteiger partial charge in [-0.2, -0.15) is 12.6 Å². The lowest BCUT2D eigenvalue weighted by atomic mass is 10.1. The summed E-state index contributed by atoms with van der Waals surface area (Å²) in [5.41, 5.74) is 13.3. The molecule has 0 aliphatic rings. The molecule has 0 saturated heterocycles. The standard InChI is InChI=1S/C10H12N2S/c11-9-6-3-5-8(10(9)12)4-1-2-7-13/h3,5-6,13H,2,7,11-12H2. The van der Waals surface area contributed by atoms with E-state index >= 15 is 0 Å². The van der Waals surface area contributed by atoms with Gasteiger partial charge in [-0.05, 0) is 12.1 Å². The molecule has 1 aromatic carbocycles. The maximum Gasteiger partial charge on any atom is 0.0706 e. The first-order valence-corrected chi connectivity index (χ1v) is 4.62. The summed E-state index contributed by atoms with van der Waals surface area (Å²) in [5, 5.41) is 0. The minimum atomic E-state index is 0.564. The van der Waals surface area contributed by atoms with E-state index in [0.717, 1.165) is 17.7 Å². The van der Waals surface area contributed by atoms with E-state index < -0.39 is 0 Å². The molecule has 0 fully saturated rings. The van der Waals surface area contributed by atoms with Crippen molar-refractivity contribution in [3.05, 3.63) is 23.8 Å². The molecular formula is C10H12N2S. The summed E-state index contributed by atoms with van der Waals surface area (Å²) < 4.78 is 0. The van der Waals surface area contributed by atoms with Gasteiger partial charge in [0.1, 0.15) is 0 Å². The second kappa shape index (κ2) is 4.68. The van der Waals surface area contributed by atoms with Crippen molar-refractivity contribution in [2.24, 2.45) is 0 Å². The third kappa shape index (κ3) is 2.60. The highest BCUT2D eigenvalue weighted by atomic mass is 32.1. The van der Waals surface area contributed by atoms with Crippen LogP contribution in [-0.4, -0.2) is 5.75 Å². The first-order chi connectivity index (χ1) is 6.25. The highest BCUT2D eigenvalue weighted by Crippen LogP contribution is 2.17. The van der Waals surface area contributed by atoms with E-state index in [1.807, 2.05) is 12.1 Å². The van der Waals surface area contributed by atoms with Gasteiger partial charge in [0.15, 0.2) is 0 Å². The van der Waals surface area contributed by atoms with Crippen molar-refractivity contribution in [1.29, 1.82) is 0 Å². The van der Waals surface area contributed by atoms with Gasteiger partial charge in [-0.3, -0.25) is 0 Å². The molecule has 0 radical (unpaired) electrons. The molecular weight excluding hydrogens is 180 g/mol. The zero-order valence-corrected chi connectivity index (χ0v) is 8.14. The quantitative estimate of drug-likeness (QED) is 0.359. The maximum atomic E-state index is 5.72. The van der Waals surface area contributed by atoms with E-state index in [0.29, 0.717) is 11.4 Å². The number of nitrogens with two attached hydrogens (primary N) is 2. The average Bonchev–Trinajstić information content (AvgIpc) is 2.13. The topological polar surface area (TPSA) is 52.0 Å². The summed E-state index contributed by atoms with van der Waals surface area (Å²) in [6.07, 6.45) is 0.761. The van der Waals surface area contributed by atoms with E-state index in [4.69, 9.17) is 11.5 Å². The lowest BCUT2D eigenvalue weighted by Crippen LogP contribution is -1.96. The fraction of sp³-hybridized carbons (Fsp3) is 0.200. The Balaban J connectivity index is 2.91. The van der Waals surface area contributed by atoms with E-state index in [-0.39, 0.29) is 0 Å². The Labute approximate surface area is 83.7 Å². The molecule has 0 spiro atoms. The Morgan fingerprint density at radius 2 is 2.08 bits per heavy atom. The van der Waals surface area contributed by atoms with Crippen LogP contribution in [0.3, 0.4) is 0 Å². The molecule has 4 N–H and O–H groups in total. The van der Waals surface area contributed by atoms with Gasteiger partial charge in [0.05, 0.1) is 11.4 Å². The number of anilines is 2. The predicted octanol–water partition coefficient (Wildman–Crippen LogP) is 1.52. The van der Waals surface area contributed by atoms with E-state index in [2.05, 4.69) is 24.5 Å². The molecule has 0 atom stereocenters. The van der Waals surface area contributed by atoms with Crippen molar-refractivity contribution >= 4 is 24.0 Å². The Hall–Kier alpha value is -1.27. The number of benzene rings is 1. The molecule has 13 heavy (non-hydrogen) atoms. The molecule has 0 amide bonds. The number of hydrogen-bond acceptors (Lipinski definition) is 3. The Morgan fingerprint density at radius 3 is 2.77 bits per heavy atom. The smallest absolute Gasteiger partial charge is 0.0706 e. The lowest BCUT2D eigenvalue weighted by Gasteiger charge is -2.00. The molecule has 3 heteroatoms. The third-order valence-electron chi connectivity index (χ3n) is 1.60. The first-order valence-electron chi connectivity index (χ1n) is 3.99. The molecule has 0 aliphatic heterocycles. The SMILES string of the molecule is Nc1cccc(C#CCCS)c1N. The van der Waals surface area contributed by atoms with Gasteiger partial charge in [-0.25, -0.2) is 0 Å². The van der Waals surface area contributed by atoms with Crippen molar-refractivity contribution in [2.75, 3.05) is 17.2 Å². The fourth-order valence-electron chi connectivity index (χ4n) is 0.906. The van der Waals surface area contributed by atoms with Crippen LogP contribution >= 0.6 is 12.6 Å². The normalized spacial score (nSPS) is 9.00. The van der Waals surface area contributed by atoms with Gasteiger partial charge in [-0.1, -0.05) is 17.9 Å². The molecule has 1 rings (SSSR count). The van der Waals surface area contributed by atoms with Crippen LogP contribution in [0.4, 0.5) is 11.4 Å². The summed E-state index contributed by atoms with van der Waals surface area (Å²) >= 11 is 4.05. The number of nitrogen functional groups attached to an aromatic ring is 2. The van der Waals surface area contributed by atoms with Crippen LogP contribution in [0, 0.1) is 11.8 Å². The zero-order chi connectivity index (χ0) is 9.68. The van der Waals surface area contributed by atoms with Crippen LogP contribution in [0.1, 0.15) is 12.0 Å². The van der Waals surface area contributed by atoms with Crippen LogP contribution in [0.5, 0.6) is 0 Å². The van der Waals surface area contributed by atoms with Crippen molar-refractivity contribution < 1.29 is 0 Å². The summed E-state index contributed by atoms with van der Waals surface area (Å²) in [5.74, 6) is 6.67. The Morgan fingerprint density at radius 1 is 1.31 bits per heavy atom. The molecule has 0 bridgehead atoms. The fourth-order valence-corrected chi connectivity index (χ4v) is 1.02. The highest BCUT2D eigenvalue weighted by molar-refractivity contribution is 7.80.